The summed E-state index contributed by atoms with van der Waals surface area (Å²) in [5.41, 5.74) is 0.949. The molecule has 17 heavy (non-hydrogen) atoms. The Balaban J connectivity index is 2.54. The molecule has 1 rings (SSSR count). The van der Waals surface area contributed by atoms with Crippen molar-refractivity contribution in [3.8, 4) is 0 Å². The summed E-state index contributed by atoms with van der Waals surface area (Å²) in [5, 5.41) is 0.445. The molecule has 0 amide bonds. The molecule has 0 aliphatic heterocycles. The normalized spacial score (nSPS) is 14.1. The number of hydrogen-bond acceptors (Lipinski definition) is 3. The van der Waals surface area contributed by atoms with Crippen molar-refractivity contribution in [2.45, 2.75) is 24.3 Å². The van der Waals surface area contributed by atoms with Gasteiger partial charge in [-0.05, 0) is 17.7 Å². The minimum absolute atomic E-state index is 0.177. The van der Waals surface area contributed by atoms with Gasteiger partial charge >= 0.3 is 5.97 Å². The van der Waals surface area contributed by atoms with Gasteiger partial charge in [0.15, 0.2) is 0 Å². The lowest BCUT2D eigenvalue weighted by Gasteiger charge is -2.10. The summed E-state index contributed by atoms with van der Waals surface area (Å²) in [7, 11) is 0.242. The van der Waals surface area contributed by atoms with Crippen LogP contribution in [0, 0.1) is 0 Å². The minimum atomic E-state index is -1.09. The van der Waals surface area contributed by atoms with Crippen molar-refractivity contribution >= 4 is 28.4 Å². The first kappa shape index (κ1) is 14.2. The largest absolute Gasteiger partial charge is 0.469 e. The van der Waals surface area contributed by atoms with E-state index in [1.54, 1.807) is 19.1 Å². The molecule has 0 saturated heterocycles. The fourth-order valence-corrected chi connectivity index (χ4v) is 2.55. The summed E-state index contributed by atoms with van der Waals surface area (Å²) in [4.78, 5) is 11.0. The predicted octanol–water partition coefficient (Wildman–Crippen LogP) is 2.54. The molecular weight excluding hydrogens is 260 g/mol. The Morgan fingerprint density at radius 3 is 2.53 bits per heavy atom. The van der Waals surface area contributed by atoms with Crippen LogP contribution in [0.4, 0.5) is 0 Å². The Labute approximate surface area is 109 Å². The van der Waals surface area contributed by atoms with Gasteiger partial charge in [0, 0.05) is 26.8 Å². The second-order valence-electron chi connectivity index (χ2n) is 3.74. The van der Waals surface area contributed by atoms with Crippen LogP contribution >= 0.6 is 11.6 Å². The Kier molecular flexibility index (Phi) is 5.65. The molecule has 2 atom stereocenters. The van der Waals surface area contributed by atoms with E-state index in [1.807, 2.05) is 12.1 Å². The summed E-state index contributed by atoms with van der Waals surface area (Å²) in [6.45, 7) is 1.78. The smallest absolute Gasteiger partial charge is 0.306 e. The zero-order valence-corrected chi connectivity index (χ0v) is 11.4. The Morgan fingerprint density at radius 1 is 1.41 bits per heavy atom. The molecule has 2 unspecified atom stereocenters. The van der Waals surface area contributed by atoms with Gasteiger partial charge in [-0.25, -0.2) is 0 Å². The maximum absolute atomic E-state index is 11.9. The maximum atomic E-state index is 11.9. The molecule has 5 heteroatoms. The highest BCUT2D eigenvalue weighted by Gasteiger charge is 2.16. The lowest BCUT2D eigenvalue weighted by Crippen LogP contribution is -2.18. The fraction of sp³-hybridized carbons (Fsp3) is 0.417. The number of benzene rings is 1. The lowest BCUT2D eigenvalue weighted by atomic mass is 10.2. The van der Waals surface area contributed by atoms with Gasteiger partial charge < -0.3 is 4.74 Å². The quantitative estimate of drug-likeness (QED) is 0.775. The number of carbonyl (C=O) groups is 1. The van der Waals surface area contributed by atoms with E-state index in [4.69, 9.17) is 11.6 Å². The summed E-state index contributed by atoms with van der Waals surface area (Å²) >= 11 is 5.76. The first-order chi connectivity index (χ1) is 8.02. The van der Waals surface area contributed by atoms with Crippen molar-refractivity contribution in [2.24, 2.45) is 0 Å². The van der Waals surface area contributed by atoms with Crippen LogP contribution in [0.15, 0.2) is 24.3 Å². The Bertz CT molecular complexity index is 403. The first-order valence-corrected chi connectivity index (χ1v) is 6.97. The van der Waals surface area contributed by atoms with Crippen LogP contribution < -0.4 is 0 Å². The number of halogens is 1. The highest BCUT2D eigenvalue weighted by Crippen LogP contribution is 2.13. The molecule has 0 bridgehead atoms. The summed E-state index contributed by atoms with van der Waals surface area (Å²) in [5.74, 6) is 0.0944. The van der Waals surface area contributed by atoms with Gasteiger partial charge in [-0.3, -0.25) is 9.00 Å². The van der Waals surface area contributed by atoms with Gasteiger partial charge in [0.1, 0.15) is 0 Å². The zero-order valence-electron chi connectivity index (χ0n) is 9.81. The van der Waals surface area contributed by atoms with Crippen LogP contribution in [-0.2, 0) is 26.1 Å². The lowest BCUT2D eigenvalue weighted by molar-refractivity contribution is -0.140. The predicted molar refractivity (Wildman–Crippen MR) is 69.4 cm³/mol. The van der Waals surface area contributed by atoms with Crippen LogP contribution in [0.5, 0.6) is 0 Å². The molecule has 94 valence electrons. The monoisotopic (exact) mass is 274 g/mol. The van der Waals surface area contributed by atoms with E-state index in [0.29, 0.717) is 10.8 Å². The van der Waals surface area contributed by atoms with Crippen LogP contribution in [0.2, 0.25) is 5.02 Å². The van der Waals surface area contributed by atoms with Crippen molar-refractivity contribution in [1.82, 2.24) is 0 Å². The highest BCUT2D eigenvalue weighted by molar-refractivity contribution is 7.84. The molecule has 0 N–H and O–H groups in total. The van der Waals surface area contributed by atoms with Gasteiger partial charge in [0.2, 0.25) is 0 Å². The molecule has 0 fully saturated rings. The average molecular weight is 275 g/mol. The van der Waals surface area contributed by atoms with Gasteiger partial charge in [0.05, 0.1) is 13.5 Å². The molecule has 1 aromatic rings. The molecule has 0 aromatic heterocycles. The molecule has 0 spiro atoms. The summed E-state index contributed by atoms with van der Waals surface area (Å²) in [6.07, 6.45) is 0.177. The van der Waals surface area contributed by atoms with Crippen molar-refractivity contribution in [3.63, 3.8) is 0 Å². The van der Waals surface area contributed by atoms with E-state index in [2.05, 4.69) is 4.74 Å². The topological polar surface area (TPSA) is 43.4 Å². The number of rotatable bonds is 5. The SMILES string of the molecule is COC(=O)CC(C)S(=O)Cc1ccc(Cl)cc1. The number of esters is 1. The second-order valence-corrected chi connectivity index (χ2v) is 6.03. The van der Waals surface area contributed by atoms with Crippen molar-refractivity contribution in [1.29, 1.82) is 0 Å². The van der Waals surface area contributed by atoms with Crippen molar-refractivity contribution < 1.29 is 13.7 Å². The summed E-state index contributed by atoms with van der Waals surface area (Å²) < 4.78 is 16.5. The van der Waals surface area contributed by atoms with Crippen molar-refractivity contribution in [3.05, 3.63) is 34.9 Å². The molecule has 0 saturated carbocycles. The Morgan fingerprint density at radius 2 is 2.00 bits per heavy atom. The molecule has 0 aliphatic carbocycles. The standard InChI is InChI=1S/C12H15ClO3S/c1-9(7-12(14)16-2)17(15)8-10-3-5-11(13)6-4-10/h3-6,9H,7-8H2,1-2H3. The number of methoxy groups -OCH3 is 1. The average Bonchev–Trinajstić information content (AvgIpc) is 2.31. The van der Waals surface area contributed by atoms with E-state index >= 15 is 0 Å². The van der Waals surface area contributed by atoms with Crippen LogP contribution in [0.25, 0.3) is 0 Å². The van der Waals surface area contributed by atoms with Gasteiger partial charge in [0.25, 0.3) is 0 Å². The number of carbonyl (C=O) groups excluding carboxylic acids is 1. The first-order valence-electron chi connectivity index (χ1n) is 5.21. The van der Waals surface area contributed by atoms with E-state index in [1.165, 1.54) is 7.11 Å². The number of ether oxygens (including phenoxy) is 1. The third kappa shape index (κ3) is 4.88. The molecule has 3 nitrogen and oxygen atoms in total. The second kappa shape index (κ2) is 6.77. The third-order valence-electron chi connectivity index (χ3n) is 2.35. The van der Waals surface area contributed by atoms with E-state index < -0.39 is 10.8 Å². The van der Waals surface area contributed by atoms with E-state index in [-0.39, 0.29) is 17.6 Å². The molecule has 0 aliphatic rings. The zero-order chi connectivity index (χ0) is 12.8. The number of hydrogen-bond donors (Lipinski definition) is 0. The summed E-state index contributed by atoms with van der Waals surface area (Å²) in [6, 6.07) is 7.20. The fourth-order valence-electron chi connectivity index (χ4n) is 1.30. The maximum Gasteiger partial charge on any atom is 0.306 e. The minimum Gasteiger partial charge on any atom is -0.469 e. The van der Waals surface area contributed by atoms with Gasteiger partial charge in [-0.2, -0.15) is 0 Å². The van der Waals surface area contributed by atoms with Crippen LogP contribution in [-0.4, -0.2) is 22.5 Å². The highest BCUT2D eigenvalue weighted by atomic mass is 35.5. The van der Waals surface area contributed by atoms with Crippen molar-refractivity contribution in [2.75, 3.05) is 7.11 Å². The molecule has 0 heterocycles. The third-order valence-corrected chi connectivity index (χ3v) is 4.29. The Hall–Kier alpha value is -0.870. The van der Waals surface area contributed by atoms with Crippen LogP contribution in [0.1, 0.15) is 18.9 Å². The molecular formula is C12H15ClO3S. The molecule has 1 aromatic carbocycles. The van der Waals surface area contributed by atoms with E-state index in [9.17, 15) is 9.00 Å². The van der Waals surface area contributed by atoms with Gasteiger partial charge in [-0.1, -0.05) is 30.7 Å². The van der Waals surface area contributed by atoms with E-state index in [0.717, 1.165) is 5.56 Å². The van der Waals surface area contributed by atoms with Crippen LogP contribution in [0.3, 0.4) is 0 Å². The molecule has 0 radical (unpaired) electrons. The van der Waals surface area contributed by atoms with Gasteiger partial charge in [-0.15, -0.1) is 0 Å².